The van der Waals surface area contributed by atoms with Crippen molar-refractivity contribution >= 4 is 21.4 Å². The second-order valence-electron chi connectivity index (χ2n) is 4.56. The summed E-state index contributed by atoms with van der Waals surface area (Å²) in [6.07, 6.45) is 0.764. The summed E-state index contributed by atoms with van der Waals surface area (Å²) in [5.41, 5.74) is 0. The summed E-state index contributed by atoms with van der Waals surface area (Å²) >= 11 is 1.66. The number of sulfonamides is 1. The Balaban J connectivity index is 2.70. The zero-order valence-electron chi connectivity index (χ0n) is 11.4. The molecule has 0 spiro atoms. The first-order valence-electron chi connectivity index (χ1n) is 6.03. The fraction of sp³-hybridized carbons (Fsp3) is 0.667. The molecular weight excluding hydrogens is 268 g/mol. The maximum atomic E-state index is 12.3. The van der Waals surface area contributed by atoms with Crippen LogP contribution < -0.4 is 5.32 Å². The molecule has 2 atom stereocenters. The Morgan fingerprint density at radius 1 is 1.44 bits per heavy atom. The summed E-state index contributed by atoms with van der Waals surface area (Å²) in [7, 11) is 0.203. The van der Waals surface area contributed by atoms with E-state index in [4.69, 9.17) is 0 Å². The third-order valence-electron chi connectivity index (χ3n) is 3.10. The van der Waals surface area contributed by atoms with E-state index in [9.17, 15) is 8.42 Å². The van der Waals surface area contributed by atoms with Gasteiger partial charge >= 0.3 is 0 Å². The lowest BCUT2D eigenvalue weighted by molar-refractivity contribution is 0.382. The van der Waals surface area contributed by atoms with Gasteiger partial charge in [0.2, 0.25) is 10.0 Å². The Morgan fingerprint density at radius 3 is 2.61 bits per heavy atom. The Bertz CT molecular complexity index is 443. The van der Waals surface area contributed by atoms with Crippen molar-refractivity contribution in [2.45, 2.75) is 31.6 Å². The summed E-state index contributed by atoms with van der Waals surface area (Å²) in [5, 5.41) is 4.52. The Hall–Kier alpha value is -0.430. The molecule has 0 bridgehead atoms. The molecule has 1 N–H and O–H groups in total. The van der Waals surface area contributed by atoms with Gasteiger partial charge in [-0.25, -0.2) is 12.7 Å². The van der Waals surface area contributed by atoms with Crippen molar-refractivity contribution in [2.75, 3.05) is 20.6 Å². The maximum Gasteiger partial charge on any atom is 0.217 e. The quantitative estimate of drug-likeness (QED) is 0.829. The number of rotatable bonds is 7. The van der Waals surface area contributed by atoms with E-state index in [1.165, 1.54) is 9.18 Å². The van der Waals surface area contributed by atoms with Crippen LogP contribution in [0.15, 0.2) is 17.5 Å². The van der Waals surface area contributed by atoms with Crippen molar-refractivity contribution in [3.8, 4) is 0 Å². The zero-order valence-corrected chi connectivity index (χ0v) is 13.0. The van der Waals surface area contributed by atoms with Gasteiger partial charge < -0.3 is 5.32 Å². The van der Waals surface area contributed by atoms with E-state index in [0.29, 0.717) is 6.54 Å². The number of nitrogens with zero attached hydrogens (tertiary/aromatic N) is 1. The van der Waals surface area contributed by atoms with Crippen LogP contribution in [0.3, 0.4) is 0 Å². The summed E-state index contributed by atoms with van der Waals surface area (Å²) in [6, 6.07) is 4.01. The SMILES string of the molecule is CNCC(C)S(=O)(=O)N(C)C(C)Cc1cccs1. The van der Waals surface area contributed by atoms with Gasteiger partial charge in [0.15, 0.2) is 0 Å². The minimum Gasteiger partial charge on any atom is -0.318 e. The molecule has 0 radical (unpaired) electrons. The van der Waals surface area contributed by atoms with E-state index < -0.39 is 15.3 Å². The Kier molecular flexibility index (Phi) is 5.78. The van der Waals surface area contributed by atoms with E-state index >= 15 is 0 Å². The van der Waals surface area contributed by atoms with Crippen molar-refractivity contribution in [2.24, 2.45) is 0 Å². The summed E-state index contributed by atoms with van der Waals surface area (Å²) in [5.74, 6) is 0. The molecule has 0 fully saturated rings. The lowest BCUT2D eigenvalue weighted by Crippen LogP contribution is -2.44. The van der Waals surface area contributed by atoms with Gasteiger partial charge in [-0.2, -0.15) is 0 Å². The summed E-state index contributed by atoms with van der Waals surface area (Å²) < 4.78 is 26.1. The molecule has 0 saturated heterocycles. The molecule has 0 amide bonds. The van der Waals surface area contributed by atoms with Crippen LogP contribution in [0.4, 0.5) is 0 Å². The average Bonchev–Trinajstić information content (AvgIpc) is 2.80. The normalized spacial score (nSPS) is 15.8. The number of nitrogens with one attached hydrogen (secondary N) is 1. The fourth-order valence-electron chi connectivity index (χ4n) is 1.78. The molecule has 18 heavy (non-hydrogen) atoms. The van der Waals surface area contributed by atoms with Crippen molar-refractivity contribution < 1.29 is 8.42 Å². The lowest BCUT2D eigenvalue weighted by Gasteiger charge is -2.27. The van der Waals surface area contributed by atoms with Crippen molar-refractivity contribution in [1.82, 2.24) is 9.62 Å². The van der Waals surface area contributed by atoms with Crippen LogP contribution in [0.2, 0.25) is 0 Å². The Labute approximate surface area is 114 Å². The summed E-state index contributed by atoms with van der Waals surface area (Å²) in [6.45, 7) is 4.15. The lowest BCUT2D eigenvalue weighted by atomic mass is 10.2. The third-order valence-corrected chi connectivity index (χ3v) is 6.34. The van der Waals surface area contributed by atoms with Crippen LogP contribution in [0, 0.1) is 0 Å². The highest BCUT2D eigenvalue weighted by Gasteiger charge is 2.28. The van der Waals surface area contributed by atoms with Crippen molar-refractivity contribution in [3.63, 3.8) is 0 Å². The van der Waals surface area contributed by atoms with Crippen molar-refractivity contribution in [1.29, 1.82) is 0 Å². The molecule has 1 rings (SSSR count). The molecule has 6 heteroatoms. The van der Waals surface area contributed by atoms with Crippen molar-refractivity contribution in [3.05, 3.63) is 22.4 Å². The van der Waals surface area contributed by atoms with Gasteiger partial charge in [0.05, 0.1) is 5.25 Å². The van der Waals surface area contributed by atoms with Crippen LogP contribution in [0.1, 0.15) is 18.7 Å². The summed E-state index contributed by atoms with van der Waals surface area (Å²) in [4.78, 5) is 1.21. The topological polar surface area (TPSA) is 49.4 Å². The van der Waals surface area contributed by atoms with Crippen LogP contribution in [-0.2, 0) is 16.4 Å². The molecule has 0 aliphatic heterocycles. The third kappa shape index (κ3) is 3.78. The first-order chi connectivity index (χ1) is 8.39. The zero-order chi connectivity index (χ0) is 13.8. The molecular formula is C12H22N2O2S2. The van der Waals surface area contributed by atoms with Gasteiger partial charge in [0, 0.05) is 24.5 Å². The van der Waals surface area contributed by atoms with E-state index in [2.05, 4.69) is 5.32 Å². The average molecular weight is 290 g/mol. The molecule has 0 saturated carbocycles. The molecule has 1 aromatic rings. The Morgan fingerprint density at radius 2 is 2.11 bits per heavy atom. The van der Waals surface area contributed by atoms with Gasteiger partial charge in [-0.15, -0.1) is 11.3 Å². The van der Waals surface area contributed by atoms with Gasteiger partial charge in [0.25, 0.3) is 0 Å². The van der Waals surface area contributed by atoms with E-state index in [1.54, 1.807) is 32.4 Å². The van der Waals surface area contributed by atoms with Crippen LogP contribution in [0.25, 0.3) is 0 Å². The van der Waals surface area contributed by atoms with Gasteiger partial charge in [0.1, 0.15) is 0 Å². The van der Waals surface area contributed by atoms with E-state index in [-0.39, 0.29) is 6.04 Å². The molecule has 0 aliphatic rings. The predicted molar refractivity (Wildman–Crippen MR) is 77.6 cm³/mol. The maximum absolute atomic E-state index is 12.3. The minimum absolute atomic E-state index is 0.0204. The first-order valence-corrected chi connectivity index (χ1v) is 8.41. The number of hydrogen-bond donors (Lipinski definition) is 1. The molecule has 0 aromatic carbocycles. The molecule has 0 aliphatic carbocycles. The van der Waals surface area contributed by atoms with Crippen LogP contribution >= 0.6 is 11.3 Å². The highest BCUT2D eigenvalue weighted by molar-refractivity contribution is 7.89. The minimum atomic E-state index is -3.23. The number of thiophene rings is 1. The monoisotopic (exact) mass is 290 g/mol. The molecule has 1 aromatic heterocycles. The largest absolute Gasteiger partial charge is 0.318 e. The fourth-order valence-corrected chi connectivity index (χ4v) is 4.12. The van der Waals surface area contributed by atoms with E-state index in [1.807, 2.05) is 24.4 Å². The molecule has 104 valence electrons. The standard InChI is InChI=1S/C12H22N2O2S2/c1-10(8-12-6-5-7-17-12)14(4)18(15,16)11(2)9-13-3/h5-7,10-11,13H,8-9H2,1-4H3. The number of likely N-dealkylation sites (N-methyl/N-ethyl adjacent to an activating group) is 1. The van der Waals surface area contributed by atoms with Crippen LogP contribution in [-0.4, -0.2) is 44.7 Å². The molecule has 4 nitrogen and oxygen atoms in total. The highest BCUT2D eigenvalue weighted by atomic mass is 32.2. The smallest absolute Gasteiger partial charge is 0.217 e. The first kappa shape index (κ1) is 15.6. The second kappa shape index (κ2) is 6.65. The van der Waals surface area contributed by atoms with Crippen LogP contribution in [0.5, 0.6) is 0 Å². The molecule has 2 unspecified atom stereocenters. The molecule has 1 heterocycles. The highest BCUT2D eigenvalue weighted by Crippen LogP contribution is 2.17. The number of hydrogen-bond acceptors (Lipinski definition) is 4. The second-order valence-corrected chi connectivity index (χ2v) is 8.00. The van der Waals surface area contributed by atoms with Gasteiger partial charge in [-0.3, -0.25) is 0 Å². The van der Waals surface area contributed by atoms with E-state index in [0.717, 1.165) is 6.42 Å². The van der Waals surface area contributed by atoms with Gasteiger partial charge in [-0.1, -0.05) is 6.07 Å². The predicted octanol–water partition coefficient (Wildman–Crippen LogP) is 1.55. The van der Waals surface area contributed by atoms with Gasteiger partial charge in [-0.05, 0) is 38.8 Å².